The fourth-order valence-corrected chi connectivity index (χ4v) is 1.98. The molecular weight excluding hydrogens is 293 g/mol. The monoisotopic (exact) mass is 307 g/mol. The van der Waals surface area contributed by atoms with Crippen LogP contribution in [0.25, 0.3) is 0 Å². The molecule has 0 bridgehead atoms. The van der Waals surface area contributed by atoms with Gasteiger partial charge >= 0.3 is 5.69 Å². The Morgan fingerprint density at radius 2 is 2.23 bits per heavy atom. The van der Waals surface area contributed by atoms with Crippen LogP contribution in [0.4, 0.5) is 21.8 Å². The van der Waals surface area contributed by atoms with Crippen molar-refractivity contribution in [2.24, 2.45) is 0 Å². The van der Waals surface area contributed by atoms with Gasteiger partial charge in [-0.1, -0.05) is 6.07 Å². The molecule has 0 saturated heterocycles. The van der Waals surface area contributed by atoms with Crippen molar-refractivity contribution in [2.75, 3.05) is 18.2 Å². The summed E-state index contributed by atoms with van der Waals surface area (Å²) < 4.78 is 19.1. The van der Waals surface area contributed by atoms with Gasteiger partial charge in [0, 0.05) is 0 Å². The number of nitrogens with zero attached hydrogens (tertiary/aromatic N) is 3. The second-order valence-corrected chi connectivity index (χ2v) is 4.44. The van der Waals surface area contributed by atoms with Gasteiger partial charge in [0.2, 0.25) is 11.8 Å². The van der Waals surface area contributed by atoms with Gasteiger partial charge in [-0.05, 0) is 19.1 Å². The molecule has 0 fully saturated rings. The molecule has 2 rings (SSSR count). The largest absolute Gasteiger partial charge is 0.496 e. The normalized spacial score (nSPS) is 11.8. The van der Waals surface area contributed by atoms with Crippen LogP contribution >= 0.6 is 0 Å². The first-order chi connectivity index (χ1) is 10.4. The van der Waals surface area contributed by atoms with E-state index in [1.54, 1.807) is 13.0 Å². The lowest BCUT2D eigenvalue weighted by Crippen LogP contribution is -2.13. The highest BCUT2D eigenvalue weighted by Gasteiger charge is 2.19. The zero-order valence-electron chi connectivity index (χ0n) is 11.9. The third kappa shape index (κ3) is 3.03. The van der Waals surface area contributed by atoms with Crippen molar-refractivity contribution in [3.63, 3.8) is 0 Å². The number of benzene rings is 1. The van der Waals surface area contributed by atoms with Gasteiger partial charge < -0.3 is 15.8 Å². The van der Waals surface area contributed by atoms with Crippen LogP contribution in [0.2, 0.25) is 0 Å². The van der Waals surface area contributed by atoms with Crippen molar-refractivity contribution >= 4 is 17.5 Å². The van der Waals surface area contributed by atoms with Crippen molar-refractivity contribution in [2.45, 2.75) is 13.0 Å². The summed E-state index contributed by atoms with van der Waals surface area (Å²) in [6.07, 6.45) is 0.996. The second kappa shape index (κ2) is 6.20. The Balaban J connectivity index is 2.28. The third-order valence-electron chi connectivity index (χ3n) is 3.01. The van der Waals surface area contributed by atoms with Crippen LogP contribution in [0.5, 0.6) is 5.75 Å². The number of hydrogen-bond donors (Lipinski definition) is 2. The van der Waals surface area contributed by atoms with Gasteiger partial charge in [0.1, 0.15) is 17.8 Å². The van der Waals surface area contributed by atoms with Crippen LogP contribution in [0, 0.1) is 15.9 Å². The molecule has 0 radical (unpaired) electrons. The molecule has 0 aliphatic rings. The van der Waals surface area contributed by atoms with Gasteiger partial charge in [0.05, 0.1) is 23.6 Å². The predicted molar refractivity (Wildman–Crippen MR) is 78.1 cm³/mol. The Morgan fingerprint density at radius 3 is 2.82 bits per heavy atom. The number of nitrogens with one attached hydrogen (secondary N) is 1. The number of methoxy groups -OCH3 is 1. The van der Waals surface area contributed by atoms with Gasteiger partial charge in [-0.3, -0.25) is 10.1 Å². The molecule has 1 aromatic heterocycles. The standard InChI is InChI=1S/C13H14FN5O3/c1-7(11-8(14)4-3-5-10(11)22-2)17-13-16-6-9(19(20)21)12(15)18-13/h3-7H,1-2H3,(H3,15,16,17,18). The molecule has 0 saturated carbocycles. The molecule has 116 valence electrons. The fourth-order valence-electron chi connectivity index (χ4n) is 1.98. The summed E-state index contributed by atoms with van der Waals surface area (Å²) in [6.45, 7) is 1.68. The van der Waals surface area contributed by atoms with E-state index in [1.165, 1.54) is 19.2 Å². The zero-order valence-corrected chi connectivity index (χ0v) is 11.9. The lowest BCUT2D eigenvalue weighted by atomic mass is 10.1. The molecule has 0 aliphatic heterocycles. The molecule has 1 heterocycles. The quantitative estimate of drug-likeness (QED) is 0.643. The minimum atomic E-state index is -0.678. The predicted octanol–water partition coefficient (Wildman–Crippen LogP) is 2.29. The number of nitrogens with two attached hydrogens (primary N) is 1. The van der Waals surface area contributed by atoms with Crippen LogP contribution in [-0.4, -0.2) is 22.0 Å². The van der Waals surface area contributed by atoms with Gasteiger partial charge in [-0.15, -0.1) is 0 Å². The smallest absolute Gasteiger partial charge is 0.329 e. The maximum Gasteiger partial charge on any atom is 0.329 e. The summed E-state index contributed by atoms with van der Waals surface area (Å²) in [4.78, 5) is 17.6. The molecule has 1 unspecified atom stereocenters. The van der Waals surface area contributed by atoms with Crippen molar-refractivity contribution in [1.82, 2.24) is 9.97 Å². The number of aromatic nitrogens is 2. The summed E-state index contributed by atoms with van der Waals surface area (Å²) in [5, 5.41) is 13.5. The van der Waals surface area contributed by atoms with Gasteiger partial charge in [-0.25, -0.2) is 9.37 Å². The van der Waals surface area contributed by atoms with Gasteiger partial charge in [0.15, 0.2) is 0 Å². The Hall–Kier alpha value is -2.97. The van der Waals surface area contributed by atoms with Crippen molar-refractivity contribution in [3.8, 4) is 5.75 Å². The summed E-state index contributed by atoms with van der Waals surface area (Å²) >= 11 is 0. The topological polar surface area (TPSA) is 116 Å². The number of rotatable bonds is 5. The van der Waals surface area contributed by atoms with E-state index in [4.69, 9.17) is 10.5 Å². The Kier molecular flexibility index (Phi) is 4.35. The first kappa shape index (κ1) is 15.4. The van der Waals surface area contributed by atoms with Gasteiger partial charge in [-0.2, -0.15) is 4.98 Å². The van der Waals surface area contributed by atoms with E-state index in [0.29, 0.717) is 11.3 Å². The first-order valence-electron chi connectivity index (χ1n) is 6.30. The highest BCUT2D eigenvalue weighted by Crippen LogP contribution is 2.30. The fraction of sp³-hybridized carbons (Fsp3) is 0.231. The molecule has 1 aromatic carbocycles. The molecule has 9 heteroatoms. The summed E-state index contributed by atoms with van der Waals surface area (Å²) in [7, 11) is 1.44. The number of nitro groups is 1. The molecule has 8 nitrogen and oxygen atoms in total. The van der Waals surface area contributed by atoms with E-state index >= 15 is 0 Å². The molecule has 1 atom stereocenters. The Morgan fingerprint density at radius 1 is 1.50 bits per heavy atom. The molecule has 2 aromatic rings. The highest BCUT2D eigenvalue weighted by atomic mass is 19.1. The zero-order chi connectivity index (χ0) is 16.3. The maximum absolute atomic E-state index is 14.0. The highest BCUT2D eigenvalue weighted by molar-refractivity contribution is 5.53. The van der Waals surface area contributed by atoms with E-state index in [9.17, 15) is 14.5 Å². The maximum atomic E-state index is 14.0. The van der Waals surface area contributed by atoms with Crippen LogP contribution < -0.4 is 15.8 Å². The molecular formula is C13H14FN5O3. The third-order valence-corrected chi connectivity index (χ3v) is 3.01. The number of anilines is 2. The average molecular weight is 307 g/mol. The van der Waals surface area contributed by atoms with Crippen LogP contribution in [-0.2, 0) is 0 Å². The van der Waals surface area contributed by atoms with E-state index in [1.807, 2.05) is 0 Å². The van der Waals surface area contributed by atoms with Crippen molar-refractivity contribution in [3.05, 3.63) is 45.9 Å². The van der Waals surface area contributed by atoms with Crippen LogP contribution in [0.15, 0.2) is 24.4 Å². The number of nitrogen functional groups attached to an aromatic ring is 1. The molecule has 3 N–H and O–H groups in total. The van der Waals surface area contributed by atoms with Crippen LogP contribution in [0.3, 0.4) is 0 Å². The lowest BCUT2D eigenvalue weighted by molar-refractivity contribution is -0.384. The number of hydrogen-bond acceptors (Lipinski definition) is 7. The summed E-state index contributed by atoms with van der Waals surface area (Å²) in [6, 6.07) is 3.94. The van der Waals surface area contributed by atoms with Crippen molar-refractivity contribution < 1.29 is 14.1 Å². The van der Waals surface area contributed by atoms with E-state index in [0.717, 1.165) is 6.20 Å². The van der Waals surface area contributed by atoms with E-state index in [-0.39, 0.29) is 17.5 Å². The molecule has 0 aliphatic carbocycles. The number of ether oxygens (including phenoxy) is 1. The molecule has 0 spiro atoms. The minimum Gasteiger partial charge on any atom is -0.496 e. The summed E-state index contributed by atoms with van der Waals surface area (Å²) in [5.41, 5.74) is 5.40. The van der Waals surface area contributed by atoms with E-state index < -0.39 is 16.8 Å². The molecule has 22 heavy (non-hydrogen) atoms. The lowest BCUT2D eigenvalue weighted by Gasteiger charge is -2.17. The number of halogens is 1. The minimum absolute atomic E-state index is 0.0564. The Labute approximate surface area is 125 Å². The molecule has 0 amide bonds. The SMILES string of the molecule is COc1cccc(F)c1C(C)Nc1ncc([N+](=O)[O-])c(N)n1. The first-order valence-corrected chi connectivity index (χ1v) is 6.30. The second-order valence-electron chi connectivity index (χ2n) is 4.44. The van der Waals surface area contributed by atoms with E-state index in [2.05, 4.69) is 15.3 Å². The van der Waals surface area contributed by atoms with Gasteiger partial charge in [0.25, 0.3) is 0 Å². The van der Waals surface area contributed by atoms with Crippen LogP contribution in [0.1, 0.15) is 18.5 Å². The summed E-state index contributed by atoms with van der Waals surface area (Å²) in [5.74, 6) is -0.291. The Bertz CT molecular complexity index is 710. The average Bonchev–Trinajstić information content (AvgIpc) is 2.46. The van der Waals surface area contributed by atoms with Crippen molar-refractivity contribution in [1.29, 1.82) is 0 Å².